The fourth-order valence-corrected chi connectivity index (χ4v) is 3.87. The van der Waals surface area contributed by atoms with Gasteiger partial charge in [0.25, 0.3) is 5.56 Å². The molecule has 2 aliphatic rings. The fourth-order valence-electron chi connectivity index (χ4n) is 3.87. The van der Waals surface area contributed by atoms with Crippen molar-refractivity contribution in [3.63, 3.8) is 0 Å². The van der Waals surface area contributed by atoms with Crippen LogP contribution in [0.1, 0.15) is 30.1 Å². The molecular formula is C19H27N5O2. The molecule has 26 heavy (non-hydrogen) atoms. The zero-order valence-corrected chi connectivity index (χ0v) is 15.4. The number of hydrogen-bond donors (Lipinski definition) is 1. The van der Waals surface area contributed by atoms with E-state index in [1.807, 2.05) is 0 Å². The van der Waals surface area contributed by atoms with E-state index in [9.17, 15) is 4.79 Å². The Balaban J connectivity index is 1.41. The number of anilines is 1. The van der Waals surface area contributed by atoms with Gasteiger partial charge in [0.1, 0.15) is 0 Å². The summed E-state index contributed by atoms with van der Waals surface area (Å²) in [4.78, 5) is 24.4. The summed E-state index contributed by atoms with van der Waals surface area (Å²) in [5, 5.41) is 0. The number of nitrogens with zero attached hydrogens (tertiary/aromatic N) is 4. The molecule has 0 saturated carbocycles. The van der Waals surface area contributed by atoms with E-state index < -0.39 is 0 Å². The molecule has 0 bridgehead atoms. The molecule has 7 nitrogen and oxygen atoms in total. The van der Waals surface area contributed by atoms with E-state index in [4.69, 9.17) is 9.72 Å². The lowest BCUT2D eigenvalue weighted by molar-refractivity contribution is 0.122. The Hall–Kier alpha value is -2.12. The zero-order chi connectivity index (χ0) is 17.9. The van der Waals surface area contributed by atoms with Crippen LogP contribution >= 0.6 is 0 Å². The summed E-state index contributed by atoms with van der Waals surface area (Å²) in [5.74, 6) is 1.06. The van der Waals surface area contributed by atoms with Crippen molar-refractivity contribution in [3.05, 3.63) is 46.1 Å². The SMILES string of the molecule is Cn1cccc1CN1CCC(c2cc(=O)[nH]c(N3CCOCC3)n2)CC1. The smallest absolute Gasteiger partial charge is 0.252 e. The zero-order valence-electron chi connectivity index (χ0n) is 15.4. The highest BCUT2D eigenvalue weighted by Gasteiger charge is 2.24. The van der Waals surface area contributed by atoms with Crippen molar-refractivity contribution in [2.24, 2.45) is 7.05 Å². The van der Waals surface area contributed by atoms with E-state index in [0.29, 0.717) is 25.1 Å². The van der Waals surface area contributed by atoms with Crippen LogP contribution in [0.5, 0.6) is 0 Å². The number of aromatic nitrogens is 3. The molecule has 2 saturated heterocycles. The lowest BCUT2D eigenvalue weighted by Gasteiger charge is -2.32. The first kappa shape index (κ1) is 17.3. The Morgan fingerprint density at radius 2 is 2.00 bits per heavy atom. The van der Waals surface area contributed by atoms with E-state index >= 15 is 0 Å². The van der Waals surface area contributed by atoms with Gasteiger partial charge in [-0.05, 0) is 38.1 Å². The Labute approximate surface area is 153 Å². The normalized spacial score (nSPS) is 19.8. The third-order valence-corrected chi connectivity index (χ3v) is 5.50. The van der Waals surface area contributed by atoms with E-state index in [0.717, 1.165) is 51.3 Å². The second kappa shape index (κ2) is 7.63. The maximum atomic E-state index is 12.1. The summed E-state index contributed by atoms with van der Waals surface area (Å²) in [5.41, 5.74) is 2.23. The van der Waals surface area contributed by atoms with E-state index in [2.05, 4.69) is 44.7 Å². The first-order chi connectivity index (χ1) is 12.7. The van der Waals surface area contributed by atoms with Crippen molar-refractivity contribution >= 4 is 5.95 Å². The highest BCUT2D eigenvalue weighted by molar-refractivity contribution is 5.31. The Morgan fingerprint density at radius 3 is 2.69 bits per heavy atom. The molecule has 2 aromatic heterocycles. The molecule has 0 radical (unpaired) electrons. The first-order valence-corrected chi connectivity index (χ1v) is 9.45. The van der Waals surface area contributed by atoms with Crippen molar-refractivity contribution in [2.45, 2.75) is 25.3 Å². The van der Waals surface area contributed by atoms with Crippen molar-refractivity contribution in [2.75, 3.05) is 44.3 Å². The molecule has 1 N–H and O–H groups in total. The number of aryl methyl sites for hydroxylation is 1. The molecule has 2 fully saturated rings. The maximum Gasteiger partial charge on any atom is 0.252 e. The van der Waals surface area contributed by atoms with Gasteiger partial charge in [0.05, 0.1) is 18.9 Å². The Kier molecular flexibility index (Phi) is 5.08. The van der Waals surface area contributed by atoms with Gasteiger partial charge >= 0.3 is 0 Å². The molecular weight excluding hydrogens is 330 g/mol. The van der Waals surface area contributed by atoms with Gasteiger partial charge in [-0.15, -0.1) is 0 Å². The summed E-state index contributed by atoms with van der Waals surface area (Å²) < 4.78 is 7.57. The fraction of sp³-hybridized carbons (Fsp3) is 0.579. The third kappa shape index (κ3) is 3.83. The molecule has 0 atom stereocenters. The lowest BCUT2D eigenvalue weighted by Crippen LogP contribution is -2.39. The minimum Gasteiger partial charge on any atom is -0.378 e. The van der Waals surface area contributed by atoms with Crippen molar-refractivity contribution in [1.29, 1.82) is 0 Å². The van der Waals surface area contributed by atoms with Crippen LogP contribution in [0.15, 0.2) is 29.2 Å². The predicted octanol–water partition coefficient (Wildman–Crippen LogP) is 1.32. The number of hydrogen-bond acceptors (Lipinski definition) is 5. The van der Waals surface area contributed by atoms with Crippen LogP contribution in [0.3, 0.4) is 0 Å². The summed E-state index contributed by atoms with van der Waals surface area (Å²) in [6, 6.07) is 5.95. The van der Waals surface area contributed by atoms with Gasteiger partial charge in [-0.25, -0.2) is 4.98 Å². The molecule has 0 amide bonds. The van der Waals surface area contributed by atoms with Crippen LogP contribution in [-0.4, -0.2) is 58.8 Å². The molecule has 0 aliphatic carbocycles. The van der Waals surface area contributed by atoms with E-state index in [-0.39, 0.29) is 5.56 Å². The molecule has 0 aromatic carbocycles. The summed E-state index contributed by atoms with van der Waals surface area (Å²) in [7, 11) is 2.09. The number of aromatic amines is 1. The molecule has 4 heterocycles. The number of H-pyrrole nitrogens is 1. The molecule has 2 aromatic rings. The van der Waals surface area contributed by atoms with Gasteiger partial charge < -0.3 is 14.2 Å². The number of rotatable bonds is 4. The standard InChI is InChI=1S/C19H27N5O2/c1-22-6-2-3-16(22)14-23-7-4-15(5-8-23)17-13-18(25)21-19(20-17)24-9-11-26-12-10-24/h2-3,6,13,15H,4-5,7-12,14H2,1H3,(H,20,21,25). The van der Waals surface area contributed by atoms with Gasteiger partial charge in [-0.2, -0.15) is 0 Å². The Bertz CT molecular complexity index is 785. The highest BCUT2D eigenvalue weighted by Crippen LogP contribution is 2.27. The third-order valence-electron chi connectivity index (χ3n) is 5.50. The molecule has 2 aliphatic heterocycles. The van der Waals surface area contributed by atoms with Crippen LogP contribution in [0.4, 0.5) is 5.95 Å². The van der Waals surface area contributed by atoms with Crippen molar-refractivity contribution in [3.8, 4) is 0 Å². The first-order valence-electron chi connectivity index (χ1n) is 9.45. The number of ether oxygens (including phenoxy) is 1. The average molecular weight is 357 g/mol. The minimum absolute atomic E-state index is 0.0530. The van der Waals surface area contributed by atoms with Crippen LogP contribution < -0.4 is 10.5 Å². The monoisotopic (exact) mass is 357 g/mol. The van der Waals surface area contributed by atoms with Crippen molar-refractivity contribution < 1.29 is 4.74 Å². The Morgan fingerprint density at radius 1 is 1.23 bits per heavy atom. The number of morpholine rings is 1. The van der Waals surface area contributed by atoms with Gasteiger partial charge in [0, 0.05) is 50.6 Å². The highest BCUT2D eigenvalue weighted by atomic mass is 16.5. The van der Waals surface area contributed by atoms with Gasteiger partial charge in [0.15, 0.2) is 0 Å². The largest absolute Gasteiger partial charge is 0.378 e. The van der Waals surface area contributed by atoms with Crippen LogP contribution in [0, 0.1) is 0 Å². The minimum atomic E-state index is -0.0530. The number of likely N-dealkylation sites (tertiary alicyclic amines) is 1. The molecule has 0 unspecified atom stereocenters. The van der Waals surface area contributed by atoms with Crippen molar-refractivity contribution in [1.82, 2.24) is 19.4 Å². The quantitative estimate of drug-likeness (QED) is 0.894. The summed E-state index contributed by atoms with van der Waals surface area (Å²) in [6.45, 7) is 5.99. The van der Waals surface area contributed by atoms with Crippen LogP contribution in [-0.2, 0) is 18.3 Å². The van der Waals surface area contributed by atoms with Crippen LogP contribution in [0.25, 0.3) is 0 Å². The number of piperidine rings is 1. The summed E-state index contributed by atoms with van der Waals surface area (Å²) in [6.07, 6.45) is 4.18. The molecule has 140 valence electrons. The van der Waals surface area contributed by atoms with Gasteiger partial charge in [0.2, 0.25) is 5.95 Å². The van der Waals surface area contributed by atoms with Gasteiger partial charge in [-0.1, -0.05) is 0 Å². The second-order valence-electron chi connectivity index (χ2n) is 7.25. The van der Waals surface area contributed by atoms with E-state index in [1.165, 1.54) is 5.69 Å². The second-order valence-corrected chi connectivity index (χ2v) is 7.25. The van der Waals surface area contributed by atoms with Crippen LogP contribution in [0.2, 0.25) is 0 Å². The molecule has 4 rings (SSSR count). The summed E-state index contributed by atoms with van der Waals surface area (Å²) >= 11 is 0. The molecule has 0 spiro atoms. The number of nitrogens with one attached hydrogen (secondary N) is 1. The van der Waals surface area contributed by atoms with Gasteiger partial charge in [-0.3, -0.25) is 14.7 Å². The average Bonchev–Trinajstić information content (AvgIpc) is 3.07. The topological polar surface area (TPSA) is 66.4 Å². The lowest BCUT2D eigenvalue weighted by atomic mass is 9.93. The van der Waals surface area contributed by atoms with E-state index in [1.54, 1.807) is 6.07 Å². The predicted molar refractivity (Wildman–Crippen MR) is 101 cm³/mol. The molecule has 7 heteroatoms. The maximum absolute atomic E-state index is 12.1.